The number of fused-ring (bicyclic) bond motifs is 1. The second-order valence-corrected chi connectivity index (χ2v) is 5.50. The van der Waals surface area contributed by atoms with Crippen LogP contribution in [0.1, 0.15) is 30.9 Å². The van der Waals surface area contributed by atoms with Crippen molar-refractivity contribution in [3.63, 3.8) is 0 Å². The molecule has 0 radical (unpaired) electrons. The molecule has 1 aliphatic carbocycles. The summed E-state index contributed by atoms with van der Waals surface area (Å²) in [5, 5.41) is 3.58. The molecule has 0 aromatic heterocycles. The zero-order valence-corrected chi connectivity index (χ0v) is 10.9. The van der Waals surface area contributed by atoms with Crippen LogP contribution in [-0.2, 0) is 6.42 Å². The largest absolute Gasteiger partial charge is 0.330 e. The van der Waals surface area contributed by atoms with Crippen LogP contribution in [0.2, 0.25) is 0 Å². The quantitative estimate of drug-likeness (QED) is 0.788. The van der Waals surface area contributed by atoms with Gasteiger partial charge in [0, 0.05) is 12.5 Å². The van der Waals surface area contributed by atoms with Gasteiger partial charge in [-0.2, -0.15) is 0 Å². The highest BCUT2D eigenvalue weighted by Gasteiger charge is 2.24. The van der Waals surface area contributed by atoms with Crippen LogP contribution in [0.3, 0.4) is 0 Å². The standard InChI is InChI=1S/C15H24N2/c1-11(2)14(8-16)10-17-9-13-7-12-5-3-4-6-15(12)13/h3-6,11,13-14,17H,7-10,16H2,1-2H3. The molecule has 2 nitrogen and oxygen atoms in total. The van der Waals surface area contributed by atoms with E-state index in [4.69, 9.17) is 5.73 Å². The summed E-state index contributed by atoms with van der Waals surface area (Å²) in [7, 11) is 0. The van der Waals surface area contributed by atoms with Crippen LogP contribution in [0.25, 0.3) is 0 Å². The maximum absolute atomic E-state index is 5.77. The summed E-state index contributed by atoms with van der Waals surface area (Å²) in [6, 6.07) is 8.77. The predicted octanol–water partition coefficient (Wildman–Crippen LogP) is 2.15. The molecule has 0 heterocycles. The van der Waals surface area contributed by atoms with E-state index in [0.717, 1.165) is 25.6 Å². The fourth-order valence-corrected chi connectivity index (χ4v) is 2.58. The van der Waals surface area contributed by atoms with Crippen LogP contribution in [0.15, 0.2) is 24.3 Å². The average Bonchev–Trinajstić information content (AvgIpc) is 2.29. The van der Waals surface area contributed by atoms with Crippen molar-refractivity contribution >= 4 is 0 Å². The third-order valence-corrected chi connectivity index (χ3v) is 4.00. The molecule has 0 spiro atoms. The maximum atomic E-state index is 5.77. The summed E-state index contributed by atoms with van der Waals surface area (Å²) in [4.78, 5) is 0. The molecule has 94 valence electrons. The van der Waals surface area contributed by atoms with Crippen molar-refractivity contribution in [2.75, 3.05) is 19.6 Å². The Balaban J connectivity index is 1.75. The Morgan fingerprint density at radius 3 is 2.76 bits per heavy atom. The number of nitrogens with two attached hydrogens (primary N) is 1. The van der Waals surface area contributed by atoms with E-state index in [1.54, 1.807) is 0 Å². The van der Waals surface area contributed by atoms with Gasteiger partial charge in [-0.05, 0) is 42.5 Å². The van der Waals surface area contributed by atoms with Crippen molar-refractivity contribution in [3.8, 4) is 0 Å². The Morgan fingerprint density at radius 2 is 2.12 bits per heavy atom. The molecular formula is C15H24N2. The van der Waals surface area contributed by atoms with E-state index < -0.39 is 0 Å². The molecule has 17 heavy (non-hydrogen) atoms. The minimum absolute atomic E-state index is 0.602. The first-order valence-corrected chi connectivity index (χ1v) is 6.71. The third-order valence-electron chi connectivity index (χ3n) is 4.00. The lowest BCUT2D eigenvalue weighted by atomic mass is 9.77. The summed E-state index contributed by atoms with van der Waals surface area (Å²) in [5.74, 6) is 1.99. The van der Waals surface area contributed by atoms with Crippen LogP contribution < -0.4 is 11.1 Å². The monoisotopic (exact) mass is 232 g/mol. The number of hydrogen-bond acceptors (Lipinski definition) is 2. The van der Waals surface area contributed by atoms with Crippen molar-refractivity contribution in [1.29, 1.82) is 0 Å². The first kappa shape index (κ1) is 12.6. The summed E-state index contributed by atoms with van der Waals surface area (Å²) in [6.45, 7) is 7.43. The Bertz CT molecular complexity index is 360. The van der Waals surface area contributed by atoms with Gasteiger partial charge >= 0.3 is 0 Å². The first-order valence-electron chi connectivity index (χ1n) is 6.71. The summed E-state index contributed by atoms with van der Waals surface area (Å²) < 4.78 is 0. The molecule has 2 rings (SSSR count). The van der Waals surface area contributed by atoms with E-state index in [9.17, 15) is 0 Å². The van der Waals surface area contributed by atoms with Crippen LogP contribution >= 0.6 is 0 Å². The molecule has 2 heteroatoms. The van der Waals surface area contributed by atoms with Gasteiger partial charge in [-0.15, -0.1) is 0 Å². The molecule has 1 aromatic carbocycles. The number of rotatable bonds is 6. The fraction of sp³-hybridized carbons (Fsp3) is 0.600. The Kier molecular flexibility index (Phi) is 4.19. The van der Waals surface area contributed by atoms with Crippen molar-refractivity contribution in [3.05, 3.63) is 35.4 Å². The van der Waals surface area contributed by atoms with Gasteiger partial charge in [-0.3, -0.25) is 0 Å². The summed E-state index contributed by atoms with van der Waals surface area (Å²) in [6.07, 6.45) is 1.23. The van der Waals surface area contributed by atoms with E-state index in [0.29, 0.717) is 11.8 Å². The average molecular weight is 232 g/mol. The van der Waals surface area contributed by atoms with Crippen molar-refractivity contribution in [2.45, 2.75) is 26.2 Å². The maximum Gasteiger partial charge on any atom is 0.00235 e. The topological polar surface area (TPSA) is 38.0 Å². The van der Waals surface area contributed by atoms with Gasteiger partial charge in [0.1, 0.15) is 0 Å². The number of hydrogen-bond donors (Lipinski definition) is 2. The molecule has 0 amide bonds. The molecule has 0 saturated carbocycles. The second kappa shape index (κ2) is 5.65. The van der Waals surface area contributed by atoms with Crippen LogP contribution in [0.5, 0.6) is 0 Å². The molecule has 2 atom stereocenters. The first-order chi connectivity index (χ1) is 8.22. The molecule has 2 unspecified atom stereocenters. The van der Waals surface area contributed by atoms with Gasteiger partial charge in [0.25, 0.3) is 0 Å². The minimum atomic E-state index is 0.602. The van der Waals surface area contributed by atoms with Gasteiger partial charge < -0.3 is 11.1 Å². The second-order valence-electron chi connectivity index (χ2n) is 5.50. The van der Waals surface area contributed by atoms with Gasteiger partial charge in [0.15, 0.2) is 0 Å². The highest BCUT2D eigenvalue weighted by molar-refractivity contribution is 5.40. The number of nitrogens with one attached hydrogen (secondary N) is 1. The zero-order chi connectivity index (χ0) is 12.3. The fourth-order valence-electron chi connectivity index (χ4n) is 2.58. The van der Waals surface area contributed by atoms with Crippen molar-refractivity contribution in [2.24, 2.45) is 17.6 Å². The van der Waals surface area contributed by atoms with Crippen LogP contribution in [0, 0.1) is 11.8 Å². The zero-order valence-electron chi connectivity index (χ0n) is 10.9. The highest BCUT2D eigenvalue weighted by Crippen LogP contribution is 2.33. The summed E-state index contributed by atoms with van der Waals surface area (Å²) in [5.41, 5.74) is 8.84. The van der Waals surface area contributed by atoms with E-state index >= 15 is 0 Å². The molecule has 0 aliphatic heterocycles. The van der Waals surface area contributed by atoms with Gasteiger partial charge in [-0.25, -0.2) is 0 Å². The lowest BCUT2D eigenvalue weighted by Gasteiger charge is -2.31. The third kappa shape index (κ3) is 2.88. The molecule has 1 aliphatic rings. The van der Waals surface area contributed by atoms with Crippen molar-refractivity contribution in [1.82, 2.24) is 5.32 Å². The summed E-state index contributed by atoms with van der Waals surface area (Å²) >= 11 is 0. The minimum Gasteiger partial charge on any atom is -0.330 e. The molecule has 0 saturated heterocycles. The van der Waals surface area contributed by atoms with E-state index in [-0.39, 0.29) is 0 Å². The molecule has 0 bridgehead atoms. The lowest BCUT2D eigenvalue weighted by molar-refractivity contribution is 0.363. The molecule has 1 aromatic rings. The van der Waals surface area contributed by atoms with Crippen LogP contribution in [0.4, 0.5) is 0 Å². The highest BCUT2D eigenvalue weighted by atomic mass is 14.9. The molecule has 3 N–H and O–H groups in total. The SMILES string of the molecule is CC(C)C(CN)CNCC1Cc2ccccc21. The van der Waals surface area contributed by atoms with E-state index in [2.05, 4.69) is 43.4 Å². The van der Waals surface area contributed by atoms with Gasteiger partial charge in [0.2, 0.25) is 0 Å². The Hall–Kier alpha value is -0.860. The Morgan fingerprint density at radius 1 is 1.35 bits per heavy atom. The smallest absolute Gasteiger partial charge is 0.00235 e. The van der Waals surface area contributed by atoms with Gasteiger partial charge in [-0.1, -0.05) is 38.1 Å². The van der Waals surface area contributed by atoms with E-state index in [1.807, 2.05) is 0 Å². The number of benzene rings is 1. The Labute approximate surface area is 105 Å². The van der Waals surface area contributed by atoms with Crippen LogP contribution in [-0.4, -0.2) is 19.6 Å². The lowest BCUT2D eigenvalue weighted by Crippen LogP contribution is -2.36. The van der Waals surface area contributed by atoms with Gasteiger partial charge in [0.05, 0.1) is 0 Å². The molecular weight excluding hydrogens is 208 g/mol. The van der Waals surface area contributed by atoms with E-state index in [1.165, 1.54) is 17.5 Å². The van der Waals surface area contributed by atoms with Crippen molar-refractivity contribution < 1.29 is 0 Å². The molecule has 0 fully saturated rings. The predicted molar refractivity (Wildman–Crippen MR) is 73.1 cm³/mol. The normalized spacial score (nSPS) is 19.9.